The molecule has 110 valence electrons. The molecule has 0 spiro atoms. The maximum atomic E-state index is 10.7. The van der Waals surface area contributed by atoms with Crippen LogP contribution in [0.25, 0.3) is 0 Å². The molecule has 2 fully saturated rings. The molecule has 2 heterocycles. The minimum atomic E-state index is -0.409. The number of pyridine rings is 1. The molecule has 1 saturated carbocycles. The fourth-order valence-electron chi connectivity index (χ4n) is 3.66. The molecule has 1 saturated heterocycles. The Balaban J connectivity index is 1.74. The number of nitrogens with one attached hydrogen (secondary N) is 1. The lowest BCUT2D eigenvalue weighted by Gasteiger charge is -2.47. The third-order valence-electron chi connectivity index (χ3n) is 4.84. The summed E-state index contributed by atoms with van der Waals surface area (Å²) in [5, 5.41) is 14.0. The monoisotopic (exact) mass is 275 g/mol. The van der Waals surface area contributed by atoms with E-state index in [1.54, 1.807) is 0 Å². The van der Waals surface area contributed by atoms with E-state index >= 15 is 0 Å². The van der Waals surface area contributed by atoms with Gasteiger partial charge in [0.15, 0.2) is 0 Å². The summed E-state index contributed by atoms with van der Waals surface area (Å²) < 4.78 is 0. The summed E-state index contributed by atoms with van der Waals surface area (Å²) in [5.41, 5.74) is -0.409. The summed E-state index contributed by atoms with van der Waals surface area (Å²) >= 11 is 0. The maximum absolute atomic E-state index is 10.7. The lowest BCUT2D eigenvalue weighted by atomic mass is 9.71. The van der Waals surface area contributed by atoms with E-state index in [0.717, 1.165) is 50.5 Å². The molecule has 0 bridgehead atoms. The average molecular weight is 275 g/mol. The predicted molar refractivity (Wildman–Crippen MR) is 82.1 cm³/mol. The molecule has 2 unspecified atom stereocenters. The van der Waals surface area contributed by atoms with Crippen molar-refractivity contribution in [3.63, 3.8) is 0 Å². The van der Waals surface area contributed by atoms with E-state index in [1.807, 2.05) is 6.07 Å². The van der Waals surface area contributed by atoms with Gasteiger partial charge in [0.05, 0.1) is 5.60 Å². The van der Waals surface area contributed by atoms with E-state index in [9.17, 15) is 5.11 Å². The second-order valence-corrected chi connectivity index (χ2v) is 6.15. The van der Waals surface area contributed by atoms with Crippen molar-refractivity contribution in [2.45, 2.75) is 44.6 Å². The molecule has 1 aromatic rings. The summed E-state index contributed by atoms with van der Waals surface area (Å²) in [6.45, 7) is 4.82. The smallest absolute Gasteiger partial charge is 0.130 e. The molecule has 4 heteroatoms. The van der Waals surface area contributed by atoms with Gasteiger partial charge in [-0.1, -0.05) is 18.9 Å². The summed E-state index contributed by atoms with van der Waals surface area (Å²) in [7, 11) is 0. The molecule has 2 N–H and O–H groups in total. The van der Waals surface area contributed by atoms with Gasteiger partial charge in [0, 0.05) is 25.6 Å². The van der Waals surface area contributed by atoms with E-state index in [2.05, 4.69) is 34.3 Å². The quantitative estimate of drug-likeness (QED) is 0.890. The first kappa shape index (κ1) is 13.7. The number of nitrogens with zero attached hydrogens (tertiary/aromatic N) is 2. The van der Waals surface area contributed by atoms with Gasteiger partial charge >= 0.3 is 0 Å². The number of aliphatic hydroxyl groups is 1. The maximum Gasteiger partial charge on any atom is 0.130 e. The summed E-state index contributed by atoms with van der Waals surface area (Å²) in [6.07, 6.45) is 5.45. The van der Waals surface area contributed by atoms with Crippen molar-refractivity contribution < 1.29 is 5.11 Å². The van der Waals surface area contributed by atoms with E-state index in [-0.39, 0.29) is 0 Å². The van der Waals surface area contributed by atoms with Crippen molar-refractivity contribution in [2.75, 3.05) is 29.9 Å². The predicted octanol–water partition coefficient (Wildman–Crippen LogP) is 2.64. The zero-order chi connectivity index (χ0) is 14.0. The van der Waals surface area contributed by atoms with Crippen LogP contribution >= 0.6 is 0 Å². The van der Waals surface area contributed by atoms with Crippen LogP contribution < -0.4 is 10.2 Å². The molecule has 2 aliphatic rings. The first-order chi connectivity index (χ1) is 9.71. The van der Waals surface area contributed by atoms with Crippen LogP contribution in [0.2, 0.25) is 0 Å². The van der Waals surface area contributed by atoms with Gasteiger partial charge in [-0.2, -0.15) is 0 Å². The van der Waals surface area contributed by atoms with Crippen molar-refractivity contribution in [3.8, 4) is 0 Å². The fourth-order valence-corrected chi connectivity index (χ4v) is 3.66. The number of hydrogen-bond acceptors (Lipinski definition) is 4. The number of rotatable bonds is 3. The second-order valence-electron chi connectivity index (χ2n) is 6.15. The minimum Gasteiger partial charge on any atom is -0.389 e. The normalized spacial score (nSPS) is 29.9. The number of aromatic nitrogens is 1. The standard InChI is InChI=1S/C16H25N3O/c1-2-17-14-7-5-8-15(18-14)19-11-10-16(20)9-4-3-6-13(16)12-19/h5,7-8,13,20H,2-4,6,9-12H2,1H3,(H,17,18). The Labute approximate surface area is 121 Å². The Morgan fingerprint density at radius 3 is 3.15 bits per heavy atom. The third-order valence-corrected chi connectivity index (χ3v) is 4.84. The topological polar surface area (TPSA) is 48.4 Å². The molecule has 1 aliphatic heterocycles. The highest BCUT2D eigenvalue weighted by Crippen LogP contribution is 2.40. The lowest BCUT2D eigenvalue weighted by Crippen LogP contribution is -2.53. The summed E-state index contributed by atoms with van der Waals surface area (Å²) in [5.74, 6) is 2.39. The molecule has 0 radical (unpaired) electrons. The van der Waals surface area contributed by atoms with Crippen LogP contribution in [0.5, 0.6) is 0 Å². The first-order valence-corrected chi connectivity index (χ1v) is 7.89. The highest BCUT2D eigenvalue weighted by Gasteiger charge is 2.42. The molecule has 1 aromatic heterocycles. The molecule has 2 atom stereocenters. The van der Waals surface area contributed by atoms with E-state index < -0.39 is 5.60 Å². The number of anilines is 2. The van der Waals surface area contributed by atoms with Crippen LogP contribution in [0.15, 0.2) is 18.2 Å². The molecule has 3 rings (SSSR count). The molecular weight excluding hydrogens is 250 g/mol. The molecule has 20 heavy (non-hydrogen) atoms. The molecule has 0 aromatic carbocycles. The first-order valence-electron chi connectivity index (χ1n) is 7.89. The number of fused-ring (bicyclic) bond motifs is 1. The van der Waals surface area contributed by atoms with Gasteiger partial charge in [-0.05, 0) is 38.3 Å². The van der Waals surface area contributed by atoms with Gasteiger partial charge in [-0.25, -0.2) is 4.98 Å². The Bertz CT molecular complexity index is 465. The van der Waals surface area contributed by atoms with Crippen molar-refractivity contribution in [1.82, 2.24) is 4.98 Å². The van der Waals surface area contributed by atoms with Gasteiger partial charge in [0.2, 0.25) is 0 Å². The van der Waals surface area contributed by atoms with Gasteiger partial charge in [0.25, 0.3) is 0 Å². The van der Waals surface area contributed by atoms with Crippen LogP contribution in [0.4, 0.5) is 11.6 Å². The molecule has 4 nitrogen and oxygen atoms in total. The molecule has 0 amide bonds. The summed E-state index contributed by atoms with van der Waals surface area (Å²) in [4.78, 5) is 7.02. The van der Waals surface area contributed by atoms with Crippen LogP contribution in [0.3, 0.4) is 0 Å². The van der Waals surface area contributed by atoms with E-state index in [4.69, 9.17) is 0 Å². The SMILES string of the molecule is CCNc1cccc(N2CCC3(O)CCCCC3C2)n1. The van der Waals surface area contributed by atoms with Crippen molar-refractivity contribution in [3.05, 3.63) is 18.2 Å². The number of piperidine rings is 1. The minimum absolute atomic E-state index is 0.409. The molecule has 1 aliphatic carbocycles. The summed E-state index contributed by atoms with van der Waals surface area (Å²) in [6, 6.07) is 6.14. The van der Waals surface area contributed by atoms with Crippen molar-refractivity contribution in [1.29, 1.82) is 0 Å². The number of hydrogen-bond donors (Lipinski definition) is 2. The zero-order valence-corrected chi connectivity index (χ0v) is 12.3. The Hall–Kier alpha value is -1.29. The van der Waals surface area contributed by atoms with E-state index in [0.29, 0.717) is 5.92 Å². The van der Waals surface area contributed by atoms with Crippen LogP contribution in [0, 0.1) is 5.92 Å². The van der Waals surface area contributed by atoms with Crippen LogP contribution in [-0.4, -0.2) is 35.3 Å². The van der Waals surface area contributed by atoms with Crippen LogP contribution in [0.1, 0.15) is 39.0 Å². The second kappa shape index (κ2) is 5.60. The Morgan fingerprint density at radius 2 is 2.30 bits per heavy atom. The van der Waals surface area contributed by atoms with E-state index in [1.165, 1.54) is 12.8 Å². The van der Waals surface area contributed by atoms with Gasteiger partial charge in [-0.3, -0.25) is 0 Å². The van der Waals surface area contributed by atoms with Crippen molar-refractivity contribution in [2.24, 2.45) is 5.92 Å². The fraction of sp³-hybridized carbons (Fsp3) is 0.688. The third kappa shape index (κ3) is 2.62. The van der Waals surface area contributed by atoms with Gasteiger partial charge in [-0.15, -0.1) is 0 Å². The Morgan fingerprint density at radius 1 is 1.40 bits per heavy atom. The van der Waals surface area contributed by atoms with Crippen molar-refractivity contribution >= 4 is 11.6 Å². The van der Waals surface area contributed by atoms with Crippen LogP contribution in [-0.2, 0) is 0 Å². The molecular formula is C16H25N3O. The van der Waals surface area contributed by atoms with Gasteiger partial charge in [0.1, 0.15) is 11.6 Å². The highest BCUT2D eigenvalue weighted by atomic mass is 16.3. The highest BCUT2D eigenvalue weighted by molar-refractivity contribution is 5.47. The lowest BCUT2D eigenvalue weighted by molar-refractivity contribution is -0.0613. The zero-order valence-electron chi connectivity index (χ0n) is 12.3. The largest absolute Gasteiger partial charge is 0.389 e. The average Bonchev–Trinajstić information content (AvgIpc) is 2.47. The van der Waals surface area contributed by atoms with Gasteiger partial charge < -0.3 is 15.3 Å². The Kier molecular flexibility index (Phi) is 3.83.